The fourth-order valence-electron chi connectivity index (χ4n) is 4.04. The molecule has 3 aromatic rings. The van der Waals surface area contributed by atoms with Crippen LogP contribution in [0.15, 0.2) is 63.5 Å². The second-order valence-electron chi connectivity index (χ2n) is 8.47. The molecular formula is C28H25ClN2O5S. The lowest BCUT2D eigenvalue weighted by Crippen LogP contribution is -2.40. The number of allylic oxidation sites excluding steroid dienone is 1. The van der Waals surface area contributed by atoms with Gasteiger partial charge in [-0.05, 0) is 50.1 Å². The smallest absolute Gasteiger partial charge is 0.338 e. The van der Waals surface area contributed by atoms with Crippen LogP contribution in [0.3, 0.4) is 0 Å². The van der Waals surface area contributed by atoms with Gasteiger partial charge in [0.25, 0.3) is 5.56 Å². The van der Waals surface area contributed by atoms with Crippen molar-refractivity contribution in [3.05, 3.63) is 89.6 Å². The highest BCUT2D eigenvalue weighted by Gasteiger charge is 2.33. The van der Waals surface area contributed by atoms with E-state index in [1.807, 2.05) is 30.3 Å². The molecule has 1 aromatic heterocycles. The SMILES string of the molecule is C#CCOc1c(Cl)cc(C=c2sc3n(c2=O)C(c2ccccc2)C(C(=O)OC(C)C)=C(C)N=3)cc1OC. The van der Waals surface area contributed by atoms with Gasteiger partial charge in [0, 0.05) is 0 Å². The number of thiazole rings is 1. The van der Waals surface area contributed by atoms with Gasteiger partial charge in [0.2, 0.25) is 0 Å². The van der Waals surface area contributed by atoms with Crippen molar-refractivity contribution in [2.24, 2.45) is 4.99 Å². The monoisotopic (exact) mass is 536 g/mol. The molecule has 37 heavy (non-hydrogen) atoms. The van der Waals surface area contributed by atoms with Crippen LogP contribution >= 0.6 is 22.9 Å². The van der Waals surface area contributed by atoms with Crippen molar-refractivity contribution in [1.29, 1.82) is 0 Å². The molecule has 0 saturated heterocycles. The van der Waals surface area contributed by atoms with E-state index in [9.17, 15) is 9.59 Å². The number of benzene rings is 2. The maximum absolute atomic E-state index is 13.7. The molecule has 7 nitrogen and oxygen atoms in total. The number of hydrogen-bond donors (Lipinski definition) is 0. The number of terminal acetylenes is 1. The van der Waals surface area contributed by atoms with Crippen molar-refractivity contribution in [3.63, 3.8) is 0 Å². The molecule has 9 heteroatoms. The van der Waals surface area contributed by atoms with Crippen molar-refractivity contribution in [3.8, 4) is 23.8 Å². The molecule has 1 aliphatic rings. The van der Waals surface area contributed by atoms with Crippen LogP contribution in [-0.2, 0) is 9.53 Å². The Labute approximate surface area is 223 Å². The zero-order valence-electron chi connectivity index (χ0n) is 20.8. The van der Waals surface area contributed by atoms with Crippen molar-refractivity contribution in [2.75, 3.05) is 13.7 Å². The molecule has 0 amide bonds. The van der Waals surface area contributed by atoms with Gasteiger partial charge >= 0.3 is 5.97 Å². The third kappa shape index (κ3) is 5.33. The lowest BCUT2D eigenvalue weighted by Gasteiger charge is -2.25. The van der Waals surface area contributed by atoms with Crippen LogP contribution < -0.4 is 24.4 Å². The molecule has 0 bridgehead atoms. The summed E-state index contributed by atoms with van der Waals surface area (Å²) in [6, 6.07) is 12.1. The summed E-state index contributed by atoms with van der Waals surface area (Å²) in [7, 11) is 1.49. The van der Waals surface area contributed by atoms with Crippen molar-refractivity contribution in [2.45, 2.75) is 32.9 Å². The van der Waals surface area contributed by atoms with Gasteiger partial charge in [0.15, 0.2) is 16.3 Å². The minimum absolute atomic E-state index is 0.0362. The highest BCUT2D eigenvalue weighted by molar-refractivity contribution is 7.07. The molecule has 0 radical (unpaired) electrons. The first-order valence-corrected chi connectivity index (χ1v) is 12.7. The first kappa shape index (κ1) is 26.3. The Bertz CT molecular complexity index is 1600. The number of rotatable bonds is 7. The van der Waals surface area contributed by atoms with Crippen LogP contribution in [0.5, 0.6) is 11.5 Å². The summed E-state index contributed by atoms with van der Waals surface area (Å²) < 4.78 is 18.4. The van der Waals surface area contributed by atoms with E-state index in [4.69, 9.17) is 32.2 Å². The molecule has 0 spiro atoms. The quantitative estimate of drug-likeness (QED) is 0.338. The van der Waals surface area contributed by atoms with Crippen LogP contribution in [0.1, 0.15) is 37.9 Å². The Morgan fingerprint density at radius 1 is 1.30 bits per heavy atom. The van der Waals surface area contributed by atoms with Crippen LogP contribution in [0, 0.1) is 12.3 Å². The van der Waals surface area contributed by atoms with Gasteiger partial charge in [-0.2, -0.15) is 0 Å². The topological polar surface area (TPSA) is 79.1 Å². The Kier molecular flexibility index (Phi) is 7.86. The summed E-state index contributed by atoms with van der Waals surface area (Å²) in [5.41, 5.74) is 1.96. The highest BCUT2D eigenvalue weighted by Crippen LogP contribution is 2.36. The van der Waals surface area contributed by atoms with Crippen molar-refractivity contribution < 1.29 is 19.0 Å². The van der Waals surface area contributed by atoms with Gasteiger partial charge in [-0.25, -0.2) is 9.79 Å². The third-order valence-electron chi connectivity index (χ3n) is 5.55. The van der Waals surface area contributed by atoms with Gasteiger partial charge in [0.1, 0.15) is 6.61 Å². The van der Waals surface area contributed by atoms with E-state index in [0.717, 1.165) is 5.56 Å². The number of ether oxygens (including phenoxy) is 3. The van der Waals surface area contributed by atoms with E-state index in [2.05, 4.69) is 10.9 Å². The molecule has 1 aliphatic heterocycles. The molecule has 0 saturated carbocycles. The summed E-state index contributed by atoms with van der Waals surface area (Å²) in [6.45, 7) is 5.35. The first-order valence-electron chi connectivity index (χ1n) is 11.5. The Morgan fingerprint density at radius 2 is 2.03 bits per heavy atom. The molecule has 190 valence electrons. The van der Waals surface area contributed by atoms with E-state index < -0.39 is 12.0 Å². The van der Waals surface area contributed by atoms with Gasteiger partial charge in [0.05, 0.1) is 40.1 Å². The maximum atomic E-state index is 13.7. The molecule has 2 heterocycles. The van der Waals surface area contributed by atoms with Gasteiger partial charge in [-0.15, -0.1) is 6.42 Å². The average Bonchev–Trinajstić information content (AvgIpc) is 3.16. The predicted molar refractivity (Wildman–Crippen MR) is 144 cm³/mol. The molecule has 0 fully saturated rings. The molecule has 1 atom stereocenters. The second-order valence-corrected chi connectivity index (χ2v) is 9.89. The molecule has 4 rings (SSSR count). The number of carbonyl (C=O) groups excluding carboxylic acids is 1. The number of hydrogen-bond acceptors (Lipinski definition) is 7. The number of nitrogens with zero attached hydrogens (tertiary/aromatic N) is 2. The van der Waals surface area contributed by atoms with Crippen molar-refractivity contribution >= 4 is 35.0 Å². The van der Waals surface area contributed by atoms with Crippen LogP contribution in [0.2, 0.25) is 5.02 Å². The lowest BCUT2D eigenvalue weighted by atomic mass is 9.96. The largest absolute Gasteiger partial charge is 0.493 e. The summed E-state index contributed by atoms with van der Waals surface area (Å²) in [6.07, 6.45) is 6.67. The number of halogens is 1. The maximum Gasteiger partial charge on any atom is 0.338 e. The van der Waals surface area contributed by atoms with E-state index >= 15 is 0 Å². The molecular weight excluding hydrogens is 512 g/mol. The number of fused-ring (bicyclic) bond motifs is 1. The summed E-state index contributed by atoms with van der Waals surface area (Å²) >= 11 is 7.65. The standard InChI is InChI=1S/C28H25ClN2O5S/c1-6-12-35-25-20(29)13-18(14-21(25)34-5)15-22-26(32)31-24(19-10-8-7-9-11-19)23(27(33)36-16(2)3)17(4)30-28(31)37-22/h1,7-11,13-16,24H,12H2,2-5H3. The number of carbonyl (C=O) groups is 1. The molecule has 2 aromatic carbocycles. The van der Waals surface area contributed by atoms with Gasteiger partial charge < -0.3 is 14.2 Å². The number of aromatic nitrogens is 1. The predicted octanol–water partition coefficient (Wildman–Crippen LogP) is 3.86. The van der Waals surface area contributed by atoms with Gasteiger partial charge in [-0.3, -0.25) is 9.36 Å². The second kappa shape index (κ2) is 11.1. The van der Waals surface area contributed by atoms with E-state index in [1.165, 1.54) is 18.4 Å². The van der Waals surface area contributed by atoms with Crippen LogP contribution in [-0.4, -0.2) is 30.4 Å². The summed E-state index contributed by atoms with van der Waals surface area (Å²) in [5, 5.41) is 0.297. The minimum atomic E-state index is -0.677. The van der Waals surface area contributed by atoms with Crippen LogP contribution in [0.4, 0.5) is 0 Å². The zero-order chi connectivity index (χ0) is 26.7. The summed E-state index contributed by atoms with van der Waals surface area (Å²) in [4.78, 5) is 32.0. The normalized spacial score (nSPS) is 15.2. The van der Waals surface area contributed by atoms with Crippen LogP contribution in [0.25, 0.3) is 6.08 Å². The van der Waals surface area contributed by atoms with Gasteiger partial charge in [-0.1, -0.05) is 59.2 Å². The molecule has 0 aliphatic carbocycles. The minimum Gasteiger partial charge on any atom is -0.493 e. The fraction of sp³-hybridized carbons (Fsp3) is 0.250. The third-order valence-corrected chi connectivity index (χ3v) is 6.81. The molecule has 1 unspecified atom stereocenters. The number of esters is 1. The Balaban J connectivity index is 1.89. The van der Waals surface area contributed by atoms with Crippen molar-refractivity contribution in [1.82, 2.24) is 4.57 Å². The fourth-order valence-corrected chi connectivity index (χ4v) is 5.36. The molecule has 0 N–H and O–H groups in total. The Morgan fingerprint density at radius 3 is 2.68 bits per heavy atom. The van der Waals surface area contributed by atoms with E-state index in [0.29, 0.717) is 42.7 Å². The highest BCUT2D eigenvalue weighted by atomic mass is 35.5. The number of methoxy groups -OCH3 is 1. The average molecular weight is 537 g/mol. The lowest BCUT2D eigenvalue weighted by molar-refractivity contribution is -0.143. The first-order chi connectivity index (χ1) is 17.7. The summed E-state index contributed by atoms with van der Waals surface area (Å²) in [5.74, 6) is 2.61. The van der Waals surface area contributed by atoms with E-state index in [1.54, 1.807) is 43.5 Å². The Hall–Kier alpha value is -3.80. The zero-order valence-corrected chi connectivity index (χ0v) is 22.4. The van der Waals surface area contributed by atoms with E-state index in [-0.39, 0.29) is 18.3 Å².